The van der Waals surface area contributed by atoms with Gasteiger partial charge in [0.25, 0.3) is 0 Å². The van der Waals surface area contributed by atoms with E-state index in [1.807, 2.05) is 19.1 Å². The van der Waals surface area contributed by atoms with E-state index in [1.165, 1.54) is 32.1 Å². The largest absolute Gasteiger partial charge is 0.508 e. The first kappa shape index (κ1) is 11.6. The SMILES string of the molecule is Cc1ccc(NC2C3CC4CC(C3)CC2C4)cc1O. The molecule has 4 saturated carbocycles. The number of hydrogen-bond acceptors (Lipinski definition) is 2. The number of phenols is 1. The summed E-state index contributed by atoms with van der Waals surface area (Å²) in [5.41, 5.74) is 2.05. The molecule has 4 bridgehead atoms. The van der Waals surface area contributed by atoms with Crippen molar-refractivity contribution in [2.24, 2.45) is 23.7 Å². The molecule has 0 radical (unpaired) electrons. The highest BCUT2D eigenvalue weighted by molar-refractivity contribution is 5.51. The fraction of sp³-hybridized carbons (Fsp3) is 0.647. The lowest BCUT2D eigenvalue weighted by molar-refractivity contribution is 0.00753. The van der Waals surface area contributed by atoms with Crippen LogP contribution in [0.1, 0.15) is 37.7 Å². The monoisotopic (exact) mass is 257 g/mol. The summed E-state index contributed by atoms with van der Waals surface area (Å²) < 4.78 is 0. The van der Waals surface area contributed by atoms with Crippen LogP contribution in [0.3, 0.4) is 0 Å². The van der Waals surface area contributed by atoms with E-state index in [0.717, 1.165) is 34.9 Å². The Morgan fingerprint density at radius 3 is 2.21 bits per heavy atom. The summed E-state index contributed by atoms with van der Waals surface area (Å²) in [6.07, 6.45) is 7.24. The number of rotatable bonds is 2. The third kappa shape index (κ3) is 1.92. The highest BCUT2D eigenvalue weighted by Crippen LogP contribution is 2.54. The van der Waals surface area contributed by atoms with E-state index in [4.69, 9.17) is 0 Å². The van der Waals surface area contributed by atoms with Gasteiger partial charge in [-0.25, -0.2) is 0 Å². The van der Waals surface area contributed by atoms with Gasteiger partial charge in [0, 0.05) is 17.8 Å². The van der Waals surface area contributed by atoms with Crippen molar-refractivity contribution < 1.29 is 5.11 Å². The Hall–Kier alpha value is -1.18. The fourth-order valence-corrected chi connectivity index (χ4v) is 5.05. The Bertz CT molecular complexity index is 468. The molecule has 0 saturated heterocycles. The van der Waals surface area contributed by atoms with E-state index in [2.05, 4.69) is 11.4 Å². The number of phenolic OH excluding ortho intramolecular Hbond substituents is 1. The maximum atomic E-state index is 9.84. The Labute approximate surface area is 115 Å². The Morgan fingerprint density at radius 2 is 1.63 bits per heavy atom. The minimum absolute atomic E-state index is 0.411. The first-order valence-electron chi connectivity index (χ1n) is 7.75. The van der Waals surface area contributed by atoms with Crippen LogP contribution in [0.5, 0.6) is 5.75 Å². The Kier molecular flexibility index (Phi) is 2.54. The number of nitrogens with one attached hydrogen (secondary N) is 1. The summed E-state index contributed by atoms with van der Waals surface area (Å²) >= 11 is 0. The molecule has 0 heterocycles. The van der Waals surface area contributed by atoms with Crippen LogP contribution < -0.4 is 5.32 Å². The van der Waals surface area contributed by atoms with Crippen LogP contribution in [0.2, 0.25) is 0 Å². The third-order valence-electron chi connectivity index (χ3n) is 5.77. The number of aromatic hydroxyl groups is 1. The van der Waals surface area contributed by atoms with Gasteiger partial charge in [0.05, 0.1) is 0 Å². The maximum absolute atomic E-state index is 9.84. The summed E-state index contributed by atoms with van der Waals surface area (Å²) in [5.74, 6) is 4.20. The zero-order valence-electron chi connectivity index (χ0n) is 11.6. The summed E-state index contributed by atoms with van der Waals surface area (Å²) in [6.45, 7) is 1.95. The van der Waals surface area contributed by atoms with Gasteiger partial charge in [0.1, 0.15) is 5.75 Å². The first-order chi connectivity index (χ1) is 9.19. The van der Waals surface area contributed by atoms with Gasteiger partial charge < -0.3 is 10.4 Å². The van der Waals surface area contributed by atoms with Gasteiger partial charge in [-0.1, -0.05) is 6.07 Å². The van der Waals surface area contributed by atoms with Crippen LogP contribution in [-0.2, 0) is 0 Å². The number of anilines is 1. The van der Waals surface area contributed by atoms with Crippen LogP contribution in [-0.4, -0.2) is 11.1 Å². The lowest BCUT2D eigenvalue weighted by atomic mass is 9.54. The molecule has 0 atom stereocenters. The minimum atomic E-state index is 0.411. The average molecular weight is 257 g/mol. The van der Waals surface area contributed by atoms with Gasteiger partial charge in [-0.2, -0.15) is 0 Å². The van der Waals surface area contributed by atoms with E-state index in [9.17, 15) is 5.11 Å². The van der Waals surface area contributed by atoms with Gasteiger partial charge >= 0.3 is 0 Å². The van der Waals surface area contributed by atoms with Crippen LogP contribution in [0, 0.1) is 30.6 Å². The highest BCUT2D eigenvalue weighted by atomic mass is 16.3. The van der Waals surface area contributed by atoms with E-state index in [-0.39, 0.29) is 0 Å². The second-order valence-corrected chi connectivity index (χ2v) is 7.10. The quantitative estimate of drug-likeness (QED) is 0.841. The van der Waals surface area contributed by atoms with E-state index in [0.29, 0.717) is 11.8 Å². The molecule has 0 aromatic heterocycles. The molecule has 1 aromatic rings. The molecule has 0 aliphatic heterocycles. The molecular formula is C17H23NO. The maximum Gasteiger partial charge on any atom is 0.120 e. The number of benzene rings is 1. The van der Waals surface area contributed by atoms with Gasteiger partial charge in [-0.05, 0) is 74.3 Å². The predicted octanol–water partition coefficient (Wildman–Crippen LogP) is 3.94. The van der Waals surface area contributed by atoms with Crippen molar-refractivity contribution in [1.82, 2.24) is 0 Å². The van der Waals surface area contributed by atoms with Crippen molar-refractivity contribution in [3.63, 3.8) is 0 Å². The molecule has 2 heteroatoms. The zero-order chi connectivity index (χ0) is 13.0. The predicted molar refractivity (Wildman–Crippen MR) is 77.3 cm³/mol. The summed E-state index contributed by atoms with van der Waals surface area (Å²) in [7, 11) is 0. The standard InChI is InChI=1S/C17H23NO/c1-10-2-3-15(9-16(10)19)18-17-13-5-11-4-12(7-13)8-14(17)6-11/h2-3,9,11-14,17-19H,4-8H2,1H3. The molecule has 1 aromatic carbocycles. The first-order valence-corrected chi connectivity index (χ1v) is 7.75. The van der Waals surface area contributed by atoms with Crippen LogP contribution in [0.4, 0.5) is 5.69 Å². The molecule has 19 heavy (non-hydrogen) atoms. The molecule has 0 unspecified atom stereocenters. The second-order valence-electron chi connectivity index (χ2n) is 7.10. The summed E-state index contributed by atoms with van der Waals surface area (Å²) in [5, 5.41) is 13.6. The zero-order valence-corrected chi connectivity index (χ0v) is 11.6. The smallest absolute Gasteiger partial charge is 0.120 e. The second kappa shape index (κ2) is 4.16. The van der Waals surface area contributed by atoms with Gasteiger partial charge in [0.2, 0.25) is 0 Å². The van der Waals surface area contributed by atoms with Crippen molar-refractivity contribution in [2.45, 2.75) is 45.1 Å². The van der Waals surface area contributed by atoms with E-state index < -0.39 is 0 Å². The molecule has 102 valence electrons. The van der Waals surface area contributed by atoms with Crippen molar-refractivity contribution in [3.05, 3.63) is 23.8 Å². The third-order valence-corrected chi connectivity index (χ3v) is 5.77. The normalized spacial score (nSPS) is 39.5. The lowest BCUT2D eigenvalue weighted by Crippen LogP contribution is -2.51. The van der Waals surface area contributed by atoms with E-state index >= 15 is 0 Å². The number of aryl methyl sites for hydroxylation is 1. The fourth-order valence-electron chi connectivity index (χ4n) is 5.05. The molecule has 2 nitrogen and oxygen atoms in total. The van der Waals surface area contributed by atoms with Crippen molar-refractivity contribution in [3.8, 4) is 5.75 Å². The summed E-state index contributed by atoms with van der Waals surface area (Å²) in [4.78, 5) is 0. The molecule has 5 rings (SSSR count). The van der Waals surface area contributed by atoms with Crippen LogP contribution in [0.25, 0.3) is 0 Å². The number of hydrogen-bond donors (Lipinski definition) is 2. The molecule has 0 amide bonds. The molecule has 4 fully saturated rings. The highest BCUT2D eigenvalue weighted by Gasteiger charge is 2.48. The van der Waals surface area contributed by atoms with Crippen LogP contribution >= 0.6 is 0 Å². The topological polar surface area (TPSA) is 32.3 Å². The minimum Gasteiger partial charge on any atom is -0.508 e. The molecule has 2 N–H and O–H groups in total. The van der Waals surface area contributed by atoms with Crippen molar-refractivity contribution >= 4 is 5.69 Å². The van der Waals surface area contributed by atoms with Crippen molar-refractivity contribution in [1.29, 1.82) is 0 Å². The Morgan fingerprint density at radius 1 is 1.00 bits per heavy atom. The van der Waals surface area contributed by atoms with Gasteiger partial charge in [-0.3, -0.25) is 0 Å². The Balaban J connectivity index is 1.55. The summed E-state index contributed by atoms with van der Waals surface area (Å²) in [6, 6.07) is 6.66. The average Bonchev–Trinajstić information content (AvgIpc) is 2.37. The van der Waals surface area contributed by atoms with Gasteiger partial charge in [0.15, 0.2) is 0 Å². The molecule has 4 aliphatic rings. The molecular weight excluding hydrogens is 234 g/mol. The van der Waals surface area contributed by atoms with Gasteiger partial charge in [-0.15, -0.1) is 0 Å². The molecule has 0 spiro atoms. The molecule has 4 aliphatic carbocycles. The lowest BCUT2D eigenvalue weighted by Gasteiger charge is -2.54. The van der Waals surface area contributed by atoms with Crippen molar-refractivity contribution in [2.75, 3.05) is 5.32 Å². The van der Waals surface area contributed by atoms with Crippen LogP contribution in [0.15, 0.2) is 18.2 Å². The van der Waals surface area contributed by atoms with E-state index in [1.54, 1.807) is 0 Å².